The Labute approximate surface area is 112 Å². The molecule has 0 aromatic carbocycles. The van der Waals surface area contributed by atoms with Crippen LogP contribution in [0.2, 0.25) is 0 Å². The third-order valence-electron chi connectivity index (χ3n) is 4.69. The molecule has 2 unspecified atom stereocenters. The van der Waals surface area contributed by atoms with Crippen LogP contribution in [0.5, 0.6) is 0 Å². The fourth-order valence-corrected chi connectivity index (χ4v) is 3.70. The van der Waals surface area contributed by atoms with Gasteiger partial charge in [-0.15, -0.1) is 0 Å². The van der Waals surface area contributed by atoms with E-state index in [2.05, 4.69) is 12.2 Å². The first kappa shape index (κ1) is 12.5. The zero-order valence-corrected chi connectivity index (χ0v) is 11.5. The van der Waals surface area contributed by atoms with E-state index in [1.54, 1.807) is 16.7 Å². The zero-order valence-electron chi connectivity index (χ0n) is 11.5. The molecule has 1 N–H and O–H groups in total. The fourth-order valence-electron chi connectivity index (χ4n) is 3.70. The standard InChI is InChI=1S/C15H20N2O2/c1-3-11-5-4-8-15(9-11)16-14(19)13-10(2)6-7-12(18)17(13)15/h6-7,11H,3-5,8-9H2,1-2H3,(H,16,19). The second kappa shape index (κ2) is 4.22. The highest BCUT2D eigenvalue weighted by molar-refractivity contribution is 5.96. The topological polar surface area (TPSA) is 51.1 Å². The van der Waals surface area contributed by atoms with Gasteiger partial charge in [0.1, 0.15) is 11.4 Å². The highest BCUT2D eigenvalue weighted by Gasteiger charge is 2.46. The summed E-state index contributed by atoms with van der Waals surface area (Å²) in [7, 11) is 0. The summed E-state index contributed by atoms with van der Waals surface area (Å²) < 4.78 is 1.73. The molecule has 4 nitrogen and oxygen atoms in total. The minimum absolute atomic E-state index is 0.0595. The van der Waals surface area contributed by atoms with Crippen LogP contribution in [0.15, 0.2) is 16.9 Å². The van der Waals surface area contributed by atoms with Crippen molar-refractivity contribution in [3.63, 3.8) is 0 Å². The molecule has 2 heterocycles. The third-order valence-corrected chi connectivity index (χ3v) is 4.69. The summed E-state index contributed by atoms with van der Waals surface area (Å²) in [4.78, 5) is 24.5. The summed E-state index contributed by atoms with van der Waals surface area (Å²) in [6, 6.07) is 3.32. The number of hydrogen-bond acceptors (Lipinski definition) is 2. The average Bonchev–Trinajstić information content (AvgIpc) is 2.68. The molecule has 0 saturated heterocycles. The lowest BCUT2D eigenvalue weighted by Crippen LogP contribution is -2.50. The molecule has 0 radical (unpaired) electrons. The smallest absolute Gasteiger partial charge is 0.270 e. The molecule has 1 fully saturated rings. The number of pyridine rings is 1. The molecule has 4 heteroatoms. The predicted molar refractivity (Wildman–Crippen MR) is 73.1 cm³/mol. The average molecular weight is 260 g/mol. The molecule has 1 aromatic rings. The fraction of sp³-hybridized carbons (Fsp3) is 0.600. The van der Waals surface area contributed by atoms with Gasteiger partial charge in [-0.25, -0.2) is 0 Å². The lowest BCUT2D eigenvalue weighted by molar-refractivity contribution is 0.0814. The second-order valence-electron chi connectivity index (χ2n) is 5.89. The molecule has 0 bridgehead atoms. The van der Waals surface area contributed by atoms with Gasteiger partial charge < -0.3 is 5.32 Å². The van der Waals surface area contributed by atoms with Crippen molar-refractivity contribution < 1.29 is 4.79 Å². The Hall–Kier alpha value is -1.58. The summed E-state index contributed by atoms with van der Waals surface area (Å²) in [5.41, 5.74) is 0.918. The summed E-state index contributed by atoms with van der Waals surface area (Å²) in [5.74, 6) is 0.499. The van der Waals surface area contributed by atoms with Crippen LogP contribution in [0, 0.1) is 12.8 Å². The van der Waals surface area contributed by atoms with Crippen LogP contribution in [-0.4, -0.2) is 10.5 Å². The maximum atomic E-state index is 12.2. The molecule has 1 aliphatic carbocycles. The second-order valence-corrected chi connectivity index (χ2v) is 5.89. The Kier molecular flexibility index (Phi) is 2.77. The van der Waals surface area contributed by atoms with E-state index in [0.29, 0.717) is 11.6 Å². The monoisotopic (exact) mass is 260 g/mol. The maximum Gasteiger partial charge on any atom is 0.270 e. The van der Waals surface area contributed by atoms with Crippen LogP contribution in [0.4, 0.5) is 0 Å². The van der Waals surface area contributed by atoms with Gasteiger partial charge in [-0.05, 0) is 37.7 Å². The third kappa shape index (κ3) is 1.73. The minimum atomic E-state index is -0.464. The van der Waals surface area contributed by atoms with Crippen LogP contribution in [0.25, 0.3) is 0 Å². The van der Waals surface area contributed by atoms with Gasteiger partial charge in [0.15, 0.2) is 0 Å². The van der Waals surface area contributed by atoms with E-state index < -0.39 is 5.66 Å². The quantitative estimate of drug-likeness (QED) is 0.841. The van der Waals surface area contributed by atoms with Crippen molar-refractivity contribution >= 4 is 5.91 Å². The molecule has 19 heavy (non-hydrogen) atoms. The number of fused-ring (bicyclic) bond motifs is 2. The predicted octanol–water partition coefficient (Wildman–Crippen LogP) is 2.15. The van der Waals surface area contributed by atoms with Gasteiger partial charge in [0.05, 0.1) is 0 Å². The van der Waals surface area contributed by atoms with E-state index in [4.69, 9.17) is 0 Å². The number of nitrogens with zero attached hydrogens (tertiary/aromatic N) is 1. The Morgan fingerprint density at radius 1 is 1.42 bits per heavy atom. The highest BCUT2D eigenvalue weighted by atomic mass is 16.2. The number of carbonyl (C=O) groups excluding carboxylic acids is 1. The molecule has 1 aromatic heterocycles. The van der Waals surface area contributed by atoms with Gasteiger partial charge in [0.25, 0.3) is 11.5 Å². The van der Waals surface area contributed by atoms with E-state index in [1.165, 1.54) is 6.42 Å². The molecular weight excluding hydrogens is 240 g/mol. The number of aryl methyl sites for hydroxylation is 1. The summed E-state index contributed by atoms with van der Waals surface area (Å²) in [5, 5.41) is 3.10. The van der Waals surface area contributed by atoms with Gasteiger partial charge in [-0.3, -0.25) is 14.2 Å². The Morgan fingerprint density at radius 2 is 2.21 bits per heavy atom. The molecule has 2 aliphatic rings. The first-order chi connectivity index (χ1) is 9.07. The Morgan fingerprint density at radius 3 is 2.95 bits per heavy atom. The van der Waals surface area contributed by atoms with Crippen molar-refractivity contribution in [3.05, 3.63) is 33.7 Å². The van der Waals surface area contributed by atoms with E-state index in [-0.39, 0.29) is 11.5 Å². The lowest BCUT2D eigenvalue weighted by Gasteiger charge is -2.39. The van der Waals surface area contributed by atoms with Crippen LogP contribution >= 0.6 is 0 Å². The highest BCUT2D eigenvalue weighted by Crippen LogP contribution is 2.40. The van der Waals surface area contributed by atoms with E-state index in [9.17, 15) is 9.59 Å². The Balaban J connectivity index is 2.16. The summed E-state index contributed by atoms with van der Waals surface area (Å²) in [6.45, 7) is 4.07. The minimum Gasteiger partial charge on any atom is -0.327 e. The number of aromatic nitrogens is 1. The number of amides is 1. The van der Waals surface area contributed by atoms with E-state index >= 15 is 0 Å². The van der Waals surface area contributed by atoms with Crippen LogP contribution < -0.4 is 10.9 Å². The van der Waals surface area contributed by atoms with E-state index in [1.807, 2.05) is 6.92 Å². The molecule has 1 saturated carbocycles. The van der Waals surface area contributed by atoms with Crippen LogP contribution in [0.1, 0.15) is 55.1 Å². The van der Waals surface area contributed by atoms with Crippen molar-refractivity contribution in [1.29, 1.82) is 0 Å². The van der Waals surface area contributed by atoms with Crippen molar-refractivity contribution in [2.24, 2.45) is 5.92 Å². The van der Waals surface area contributed by atoms with Gasteiger partial charge in [0, 0.05) is 6.07 Å². The molecule has 1 spiro atoms. The van der Waals surface area contributed by atoms with Crippen molar-refractivity contribution in [1.82, 2.24) is 9.88 Å². The van der Waals surface area contributed by atoms with Gasteiger partial charge >= 0.3 is 0 Å². The first-order valence-electron chi connectivity index (χ1n) is 7.13. The van der Waals surface area contributed by atoms with E-state index in [0.717, 1.165) is 31.2 Å². The lowest BCUT2D eigenvalue weighted by atomic mass is 9.80. The van der Waals surface area contributed by atoms with Gasteiger partial charge in [-0.2, -0.15) is 0 Å². The van der Waals surface area contributed by atoms with Crippen molar-refractivity contribution in [2.45, 2.75) is 51.6 Å². The summed E-state index contributed by atoms with van der Waals surface area (Å²) >= 11 is 0. The molecule has 102 valence electrons. The summed E-state index contributed by atoms with van der Waals surface area (Å²) in [6.07, 6.45) is 5.12. The van der Waals surface area contributed by atoms with Crippen LogP contribution in [0.3, 0.4) is 0 Å². The number of rotatable bonds is 1. The van der Waals surface area contributed by atoms with Crippen LogP contribution in [-0.2, 0) is 5.66 Å². The normalized spacial score (nSPS) is 29.4. The largest absolute Gasteiger partial charge is 0.327 e. The van der Waals surface area contributed by atoms with Gasteiger partial charge in [-0.1, -0.05) is 25.8 Å². The maximum absolute atomic E-state index is 12.2. The molecule has 2 atom stereocenters. The Bertz CT molecular complexity index is 590. The number of carbonyl (C=O) groups is 1. The van der Waals surface area contributed by atoms with Crippen molar-refractivity contribution in [3.8, 4) is 0 Å². The first-order valence-corrected chi connectivity index (χ1v) is 7.13. The zero-order chi connectivity index (χ0) is 13.6. The SMILES string of the molecule is CCC1CCCC2(C1)NC(=O)c1c(C)ccc(=O)n12. The molecule has 1 aliphatic heterocycles. The van der Waals surface area contributed by atoms with Gasteiger partial charge in [0.2, 0.25) is 0 Å². The molecular formula is C15H20N2O2. The molecule has 1 amide bonds. The molecule has 3 rings (SSSR count). The number of nitrogens with one attached hydrogen (secondary N) is 1. The number of hydrogen-bond donors (Lipinski definition) is 1. The van der Waals surface area contributed by atoms with Crippen molar-refractivity contribution in [2.75, 3.05) is 0 Å².